The summed E-state index contributed by atoms with van der Waals surface area (Å²) in [6, 6.07) is 4.77. The highest BCUT2D eigenvalue weighted by molar-refractivity contribution is 5.78. The van der Waals surface area contributed by atoms with E-state index >= 15 is 0 Å². The van der Waals surface area contributed by atoms with Crippen LogP contribution >= 0.6 is 0 Å². The van der Waals surface area contributed by atoms with Crippen LogP contribution in [0.5, 0.6) is 5.75 Å². The van der Waals surface area contributed by atoms with Crippen molar-refractivity contribution >= 4 is 5.91 Å². The van der Waals surface area contributed by atoms with Gasteiger partial charge in [-0.1, -0.05) is 6.07 Å². The number of carbonyl (C=O) groups is 1. The molecule has 0 saturated carbocycles. The molecule has 4 nitrogen and oxygen atoms in total. The first kappa shape index (κ1) is 17.2. The topological polar surface area (TPSA) is 43.8 Å². The van der Waals surface area contributed by atoms with E-state index in [2.05, 4.69) is 11.8 Å². The molecule has 1 aromatic rings. The van der Waals surface area contributed by atoms with Gasteiger partial charge in [0.1, 0.15) is 0 Å². The van der Waals surface area contributed by atoms with Crippen molar-refractivity contribution in [3.8, 4) is 5.75 Å². The van der Waals surface area contributed by atoms with E-state index in [0.717, 1.165) is 25.9 Å². The Morgan fingerprint density at radius 3 is 2.54 bits per heavy atom. The van der Waals surface area contributed by atoms with Crippen LogP contribution in [0.4, 0.5) is 4.39 Å². The summed E-state index contributed by atoms with van der Waals surface area (Å²) in [4.78, 5) is 16.9. The van der Waals surface area contributed by atoms with Gasteiger partial charge in [-0.25, -0.2) is 4.39 Å². The van der Waals surface area contributed by atoms with Gasteiger partial charge in [0.2, 0.25) is 5.91 Å². The molecule has 2 aliphatic heterocycles. The fraction of sp³-hybridized carbons (Fsp3) is 0.632. The Kier molecular flexibility index (Phi) is 5.39. The molecule has 0 spiro atoms. The summed E-state index contributed by atoms with van der Waals surface area (Å²) in [7, 11) is 0. The number of phenolic OH excluding ortho intramolecular Hbond substituents is 1. The normalized spacial score (nSPS) is 21.2. The van der Waals surface area contributed by atoms with Crippen LogP contribution in [-0.2, 0) is 11.2 Å². The van der Waals surface area contributed by atoms with Crippen LogP contribution in [0.1, 0.15) is 38.2 Å². The van der Waals surface area contributed by atoms with Gasteiger partial charge in [0.15, 0.2) is 11.6 Å². The van der Waals surface area contributed by atoms with Crippen LogP contribution in [-0.4, -0.2) is 53.0 Å². The third-order valence-corrected chi connectivity index (χ3v) is 5.66. The molecule has 1 aromatic carbocycles. The van der Waals surface area contributed by atoms with Gasteiger partial charge < -0.3 is 14.9 Å². The number of phenols is 1. The Balaban J connectivity index is 1.50. The molecule has 0 aliphatic carbocycles. The van der Waals surface area contributed by atoms with Crippen LogP contribution in [0, 0.1) is 11.7 Å². The fourth-order valence-electron chi connectivity index (χ4n) is 4.03. The molecule has 1 atom stereocenters. The van der Waals surface area contributed by atoms with E-state index in [1.54, 1.807) is 6.07 Å². The van der Waals surface area contributed by atoms with Gasteiger partial charge in [0.25, 0.3) is 0 Å². The second-order valence-electron chi connectivity index (χ2n) is 7.16. The van der Waals surface area contributed by atoms with Crippen LogP contribution < -0.4 is 0 Å². The Hall–Kier alpha value is -1.62. The highest BCUT2D eigenvalue weighted by atomic mass is 19.1. The minimum Gasteiger partial charge on any atom is -0.505 e. The molecule has 1 amide bonds. The number of likely N-dealkylation sites (tertiary alicyclic amines) is 2. The van der Waals surface area contributed by atoms with E-state index in [1.807, 2.05) is 4.90 Å². The van der Waals surface area contributed by atoms with Gasteiger partial charge >= 0.3 is 0 Å². The van der Waals surface area contributed by atoms with Crippen molar-refractivity contribution in [1.82, 2.24) is 9.80 Å². The van der Waals surface area contributed by atoms with E-state index in [9.17, 15) is 14.3 Å². The first-order chi connectivity index (χ1) is 11.5. The smallest absolute Gasteiger partial charge is 0.226 e. The van der Waals surface area contributed by atoms with Crippen molar-refractivity contribution < 1.29 is 14.3 Å². The summed E-state index contributed by atoms with van der Waals surface area (Å²) < 4.78 is 13.4. The van der Waals surface area contributed by atoms with Crippen molar-refractivity contribution in [2.24, 2.45) is 5.92 Å². The quantitative estimate of drug-likeness (QED) is 0.921. The van der Waals surface area contributed by atoms with Gasteiger partial charge in [-0.2, -0.15) is 0 Å². The van der Waals surface area contributed by atoms with Crippen LogP contribution in [0.25, 0.3) is 0 Å². The van der Waals surface area contributed by atoms with E-state index in [4.69, 9.17) is 0 Å². The predicted molar refractivity (Wildman–Crippen MR) is 91.3 cm³/mol. The average Bonchev–Trinajstić information content (AvgIpc) is 3.12. The van der Waals surface area contributed by atoms with Gasteiger partial charge in [-0.15, -0.1) is 0 Å². The number of amides is 1. The molecule has 0 aromatic heterocycles. The maximum absolute atomic E-state index is 13.4. The first-order valence-electron chi connectivity index (χ1n) is 9.04. The summed E-state index contributed by atoms with van der Waals surface area (Å²) in [6.07, 6.45) is 4.92. The number of hydrogen-bond donors (Lipinski definition) is 1. The number of rotatable bonds is 4. The Bertz CT molecular complexity index is 579. The molecule has 2 heterocycles. The molecule has 24 heavy (non-hydrogen) atoms. The minimum absolute atomic E-state index is 0.0485. The number of carbonyl (C=O) groups excluding carboxylic acids is 1. The third kappa shape index (κ3) is 3.89. The lowest BCUT2D eigenvalue weighted by molar-refractivity contribution is -0.132. The predicted octanol–water partition coefficient (Wildman–Crippen LogP) is 2.80. The van der Waals surface area contributed by atoms with Crippen LogP contribution in [0.3, 0.4) is 0 Å². The standard InChI is InChI=1S/C19H27FN2O2/c1-14(21-8-2-3-9-21)16-6-10-22(11-7-16)19(24)13-15-4-5-18(23)17(20)12-15/h4-5,12,14,16,23H,2-3,6-11,13H2,1H3. The zero-order valence-corrected chi connectivity index (χ0v) is 14.4. The number of halogens is 1. The molecule has 1 unspecified atom stereocenters. The van der Waals surface area contributed by atoms with E-state index in [0.29, 0.717) is 17.5 Å². The van der Waals surface area contributed by atoms with Crippen molar-refractivity contribution in [3.05, 3.63) is 29.6 Å². The fourth-order valence-corrected chi connectivity index (χ4v) is 4.03. The number of piperidine rings is 1. The molecule has 2 aliphatic rings. The molecule has 5 heteroatoms. The SMILES string of the molecule is CC(C1CCN(C(=O)Cc2ccc(O)c(F)c2)CC1)N1CCCC1. The minimum atomic E-state index is -0.668. The highest BCUT2D eigenvalue weighted by Gasteiger charge is 2.30. The molecule has 2 fully saturated rings. The Morgan fingerprint density at radius 1 is 1.25 bits per heavy atom. The summed E-state index contributed by atoms with van der Waals surface area (Å²) in [6.45, 7) is 6.34. The lowest BCUT2D eigenvalue weighted by Gasteiger charge is -2.38. The molecule has 0 bridgehead atoms. The second-order valence-corrected chi connectivity index (χ2v) is 7.16. The lowest BCUT2D eigenvalue weighted by Crippen LogP contribution is -2.45. The molecule has 2 saturated heterocycles. The Labute approximate surface area is 143 Å². The number of hydrogen-bond acceptors (Lipinski definition) is 3. The molecule has 3 rings (SSSR count). The largest absolute Gasteiger partial charge is 0.505 e. The summed E-state index contributed by atoms with van der Waals surface area (Å²) >= 11 is 0. The van der Waals surface area contributed by atoms with Crippen LogP contribution in [0.15, 0.2) is 18.2 Å². The van der Waals surface area contributed by atoms with Crippen molar-refractivity contribution in [2.75, 3.05) is 26.2 Å². The van der Waals surface area contributed by atoms with E-state index < -0.39 is 5.82 Å². The molecular formula is C19H27FN2O2. The second kappa shape index (κ2) is 7.51. The molecule has 0 radical (unpaired) electrons. The van der Waals surface area contributed by atoms with Gasteiger partial charge in [0.05, 0.1) is 6.42 Å². The lowest BCUT2D eigenvalue weighted by atomic mass is 9.89. The summed E-state index contributed by atoms with van der Waals surface area (Å²) in [5.74, 6) is -0.327. The van der Waals surface area contributed by atoms with E-state index in [1.165, 1.54) is 38.1 Å². The number of aromatic hydroxyl groups is 1. The maximum atomic E-state index is 13.4. The average molecular weight is 334 g/mol. The number of nitrogens with zero attached hydrogens (tertiary/aromatic N) is 2. The van der Waals surface area contributed by atoms with Crippen molar-refractivity contribution in [1.29, 1.82) is 0 Å². The highest BCUT2D eigenvalue weighted by Crippen LogP contribution is 2.27. The summed E-state index contributed by atoms with van der Waals surface area (Å²) in [5.41, 5.74) is 0.614. The monoisotopic (exact) mass is 334 g/mol. The van der Waals surface area contributed by atoms with Gasteiger partial charge in [-0.05, 0) is 69.3 Å². The third-order valence-electron chi connectivity index (χ3n) is 5.66. The number of benzene rings is 1. The molecule has 1 N–H and O–H groups in total. The molecule has 132 valence electrons. The van der Waals surface area contributed by atoms with Crippen LogP contribution in [0.2, 0.25) is 0 Å². The Morgan fingerprint density at radius 2 is 1.92 bits per heavy atom. The van der Waals surface area contributed by atoms with Crippen molar-refractivity contribution in [3.63, 3.8) is 0 Å². The molecular weight excluding hydrogens is 307 g/mol. The van der Waals surface area contributed by atoms with Gasteiger partial charge in [0, 0.05) is 19.1 Å². The maximum Gasteiger partial charge on any atom is 0.226 e. The van der Waals surface area contributed by atoms with Gasteiger partial charge in [-0.3, -0.25) is 4.79 Å². The first-order valence-corrected chi connectivity index (χ1v) is 9.04. The zero-order valence-electron chi connectivity index (χ0n) is 14.4. The van der Waals surface area contributed by atoms with Crippen molar-refractivity contribution in [2.45, 2.75) is 45.1 Å². The zero-order chi connectivity index (χ0) is 17.1. The van der Waals surface area contributed by atoms with E-state index in [-0.39, 0.29) is 18.1 Å². The summed E-state index contributed by atoms with van der Waals surface area (Å²) in [5, 5.41) is 9.22.